The molecule has 2 unspecified atom stereocenters. The maximum Gasteiger partial charge on any atom is 0.241 e. The fraction of sp³-hybridized carbons (Fsp3) is 0.923. The number of carbonyl (C=O) groups is 1. The van der Waals surface area contributed by atoms with Crippen molar-refractivity contribution in [2.45, 2.75) is 51.9 Å². The summed E-state index contributed by atoms with van der Waals surface area (Å²) in [4.78, 5) is 16.6. The van der Waals surface area contributed by atoms with Crippen LogP contribution in [0.25, 0.3) is 0 Å². The van der Waals surface area contributed by atoms with Gasteiger partial charge in [-0.1, -0.05) is 13.8 Å². The molecule has 1 saturated carbocycles. The number of likely N-dealkylation sites (N-methyl/N-ethyl adjacent to an activating group) is 1. The van der Waals surface area contributed by atoms with E-state index < -0.39 is 0 Å². The van der Waals surface area contributed by atoms with Crippen molar-refractivity contribution in [1.82, 2.24) is 15.1 Å². The molecule has 98 valence electrons. The lowest BCUT2D eigenvalue weighted by atomic mass is 10.1. The standard InChI is InChI=1S/C13H25N3O/c1-9(2)12-13(17)16(10(3)14-12)8-7-15(4)11-5-6-11/h9-12,14H,5-8H2,1-4H3. The molecule has 1 amide bonds. The van der Waals surface area contributed by atoms with Gasteiger partial charge in [0.25, 0.3) is 0 Å². The van der Waals surface area contributed by atoms with Crippen molar-refractivity contribution in [3.63, 3.8) is 0 Å². The molecule has 17 heavy (non-hydrogen) atoms. The minimum atomic E-state index is 0.0104. The molecule has 2 rings (SSSR count). The highest BCUT2D eigenvalue weighted by molar-refractivity contribution is 5.84. The van der Waals surface area contributed by atoms with Gasteiger partial charge in [0.05, 0.1) is 12.2 Å². The Morgan fingerprint density at radius 2 is 2.12 bits per heavy atom. The van der Waals surface area contributed by atoms with Crippen LogP contribution in [0.4, 0.5) is 0 Å². The fourth-order valence-corrected chi connectivity index (χ4v) is 2.54. The van der Waals surface area contributed by atoms with Crippen LogP contribution in [0.5, 0.6) is 0 Å². The molecule has 0 spiro atoms. The van der Waals surface area contributed by atoms with E-state index in [1.807, 2.05) is 4.90 Å². The van der Waals surface area contributed by atoms with Crippen LogP contribution in [0.2, 0.25) is 0 Å². The first-order valence-electron chi connectivity index (χ1n) is 6.77. The molecule has 1 aliphatic heterocycles. The Morgan fingerprint density at radius 1 is 1.47 bits per heavy atom. The summed E-state index contributed by atoms with van der Waals surface area (Å²) >= 11 is 0. The minimum absolute atomic E-state index is 0.0104. The molecule has 0 aromatic rings. The summed E-state index contributed by atoms with van der Waals surface area (Å²) in [6.07, 6.45) is 2.84. The summed E-state index contributed by atoms with van der Waals surface area (Å²) < 4.78 is 0. The largest absolute Gasteiger partial charge is 0.325 e. The minimum Gasteiger partial charge on any atom is -0.325 e. The maximum atomic E-state index is 12.2. The van der Waals surface area contributed by atoms with Gasteiger partial charge in [0.15, 0.2) is 0 Å². The van der Waals surface area contributed by atoms with Crippen LogP contribution in [-0.4, -0.2) is 54.1 Å². The smallest absolute Gasteiger partial charge is 0.241 e. The second-order valence-electron chi connectivity index (χ2n) is 5.81. The van der Waals surface area contributed by atoms with E-state index in [4.69, 9.17) is 0 Å². The summed E-state index contributed by atoms with van der Waals surface area (Å²) in [6.45, 7) is 8.12. The van der Waals surface area contributed by atoms with E-state index in [1.54, 1.807) is 0 Å². The first-order chi connectivity index (χ1) is 8.00. The van der Waals surface area contributed by atoms with E-state index in [9.17, 15) is 4.79 Å². The summed E-state index contributed by atoms with van der Waals surface area (Å²) in [5.74, 6) is 0.646. The van der Waals surface area contributed by atoms with Gasteiger partial charge in [-0.3, -0.25) is 10.1 Å². The van der Waals surface area contributed by atoms with Crippen molar-refractivity contribution in [2.75, 3.05) is 20.1 Å². The SMILES string of the molecule is CC(C)C1NC(C)N(CCN(C)C2CC2)C1=O. The van der Waals surface area contributed by atoms with Crippen LogP contribution in [-0.2, 0) is 4.79 Å². The quantitative estimate of drug-likeness (QED) is 0.774. The van der Waals surface area contributed by atoms with Crippen LogP contribution in [0, 0.1) is 5.92 Å². The van der Waals surface area contributed by atoms with E-state index in [1.165, 1.54) is 12.8 Å². The number of amides is 1. The third-order valence-corrected chi connectivity index (χ3v) is 3.97. The predicted molar refractivity (Wildman–Crippen MR) is 68.6 cm³/mol. The summed E-state index contributed by atoms with van der Waals surface area (Å²) in [6, 6.07) is 0.785. The van der Waals surface area contributed by atoms with Gasteiger partial charge >= 0.3 is 0 Å². The summed E-state index contributed by atoms with van der Waals surface area (Å²) in [5, 5.41) is 3.38. The molecule has 1 heterocycles. The van der Waals surface area contributed by atoms with Crippen molar-refractivity contribution in [3.8, 4) is 0 Å². The Hall–Kier alpha value is -0.610. The van der Waals surface area contributed by atoms with Crippen LogP contribution < -0.4 is 5.32 Å². The zero-order valence-corrected chi connectivity index (χ0v) is 11.4. The number of nitrogens with zero attached hydrogens (tertiary/aromatic N) is 2. The van der Waals surface area contributed by atoms with Crippen LogP contribution in [0.15, 0.2) is 0 Å². The van der Waals surface area contributed by atoms with E-state index in [-0.39, 0.29) is 18.1 Å². The number of hydrogen-bond donors (Lipinski definition) is 1. The van der Waals surface area contributed by atoms with Gasteiger partial charge in [-0.25, -0.2) is 0 Å². The van der Waals surface area contributed by atoms with Gasteiger partial charge in [-0.05, 0) is 32.7 Å². The van der Waals surface area contributed by atoms with Gasteiger partial charge in [-0.2, -0.15) is 0 Å². The molecule has 1 saturated heterocycles. The average molecular weight is 239 g/mol. The number of hydrogen-bond acceptors (Lipinski definition) is 3. The van der Waals surface area contributed by atoms with Crippen molar-refractivity contribution >= 4 is 5.91 Å². The van der Waals surface area contributed by atoms with Gasteiger partial charge < -0.3 is 9.80 Å². The van der Waals surface area contributed by atoms with E-state index >= 15 is 0 Å². The molecule has 2 atom stereocenters. The lowest BCUT2D eigenvalue weighted by Crippen LogP contribution is -2.40. The van der Waals surface area contributed by atoms with Gasteiger partial charge in [0, 0.05) is 19.1 Å². The second kappa shape index (κ2) is 4.94. The molecular formula is C13H25N3O. The van der Waals surface area contributed by atoms with Crippen LogP contribution >= 0.6 is 0 Å². The molecule has 0 aromatic carbocycles. The van der Waals surface area contributed by atoms with E-state index in [0.29, 0.717) is 5.92 Å². The zero-order valence-electron chi connectivity index (χ0n) is 11.4. The molecule has 4 nitrogen and oxygen atoms in total. The molecule has 0 radical (unpaired) electrons. The highest BCUT2D eigenvalue weighted by atomic mass is 16.2. The summed E-state index contributed by atoms with van der Waals surface area (Å²) in [7, 11) is 2.16. The zero-order chi connectivity index (χ0) is 12.6. The Morgan fingerprint density at radius 3 is 2.59 bits per heavy atom. The van der Waals surface area contributed by atoms with Crippen LogP contribution in [0.1, 0.15) is 33.6 Å². The van der Waals surface area contributed by atoms with Crippen molar-refractivity contribution < 1.29 is 4.79 Å². The third kappa shape index (κ3) is 2.80. The Kier molecular flexibility index (Phi) is 3.73. The molecule has 1 aliphatic carbocycles. The molecule has 4 heteroatoms. The monoisotopic (exact) mass is 239 g/mol. The van der Waals surface area contributed by atoms with Crippen molar-refractivity contribution in [2.24, 2.45) is 5.92 Å². The van der Waals surface area contributed by atoms with Gasteiger partial charge in [0.1, 0.15) is 0 Å². The lowest BCUT2D eigenvalue weighted by Gasteiger charge is -2.24. The molecular weight excluding hydrogens is 214 g/mol. The number of nitrogens with one attached hydrogen (secondary N) is 1. The fourth-order valence-electron chi connectivity index (χ4n) is 2.54. The molecule has 0 aromatic heterocycles. The normalized spacial score (nSPS) is 29.8. The molecule has 2 aliphatic rings. The lowest BCUT2D eigenvalue weighted by molar-refractivity contribution is -0.130. The van der Waals surface area contributed by atoms with Crippen LogP contribution in [0.3, 0.4) is 0 Å². The van der Waals surface area contributed by atoms with E-state index in [0.717, 1.165) is 19.1 Å². The highest BCUT2D eigenvalue weighted by Gasteiger charge is 2.38. The predicted octanol–water partition coefficient (Wildman–Crippen LogP) is 0.883. The van der Waals surface area contributed by atoms with Gasteiger partial charge in [-0.15, -0.1) is 0 Å². The third-order valence-electron chi connectivity index (χ3n) is 3.97. The Bertz CT molecular complexity index is 288. The molecule has 0 bridgehead atoms. The van der Waals surface area contributed by atoms with E-state index in [2.05, 4.69) is 38.0 Å². The summed E-state index contributed by atoms with van der Waals surface area (Å²) in [5.41, 5.74) is 0. The van der Waals surface area contributed by atoms with Crippen molar-refractivity contribution in [3.05, 3.63) is 0 Å². The maximum absolute atomic E-state index is 12.2. The Balaban J connectivity index is 1.85. The molecule has 1 N–H and O–H groups in total. The number of rotatable bonds is 5. The van der Waals surface area contributed by atoms with Crippen molar-refractivity contribution in [1.29, 1.82) is 0 Å². The van der Waals surface area contributed by atoms with Gasteiger partial charge in [0.2, 0.25) is 5.91 Å². The first kappa shape index (κ1) is 12.8. The number of carbonyl (C=O) groups excluding carboxylic acids is 1. The first-order valence-corrected chi connectivity index (χ1v) is 6.77. The topological polar surface area (TPSA) is 35.6 Å². The highest BCUT2D eigenvalue weighted by Crippen LogP contribution is 2.25. The Labute approximate surface area is 104 Å². The average Bonchev–Trinajstić information content (AvgIpc) is 3.05. The molecule has 2 fully saturated rings. The second-order valence-corrected chi connectivity index (χ2v) is 5.81.